The summed E-state index contributed by atoms with van der Waals surface area (Å²) in [5.74, 6) is -0.930. The maximum atomic E-state index is 13.2. The maximum absolute atomic E-state index is 13.2. The highest BCUT2D eigenvalue weighted by Gasteiger charge is 2.17. The Kier molecular flexibility index (Phi) is 8.12. The molecule has 1 aliphatic heterocycles. The molecule has 0 spiro atoms. The van der Waals surface area contributed by atoms with E-state index < -0.39 is 5.95 Å². The van der Waals surface area contributed by atoms with Gasteiger partial charge in [0, 0.05) is 65.5 Å². The number of pyridine rings is 1. The maximum Gasteiger partial charge on any atom is 0.275 e. The molecule has 0 aliphatic carbocycles. The number of thiazole rings is 1. The van der Waals surface area contributed by atoms with Crippen molar-refractivity contribution in [1.82, 2.24) is 14.9 Å². The second kappa shape index (κ2) is 12.0. The van der Waals surface area contributed by atoms with Gasteiger partial charge in [-0.3, -0.25) is 14.7 Å². The van der Waals surface area contributed by atoms with Crippen molar-refractivity contribution in [3.05, 3.63) is 83.4 Å². The predicted molar refractivity (Wildman–Crippen MR) is 149 cm³/mol. The van der Waals surface area contributed by atoms with E-state index in [1.54, 1.807) is 17.7 Å². The SMILES string of the molecule is Nc1cc(-c2ccccc2)c(NC(=O)c2csc(-c3ccc(F)nc3)n2)cc1C=NCCN1CCOCC1. The summed E-state index contributed by atoms with van der Waals surface area (Å²) in [4.78, 5) is 28.2. The fourth-order valence-electron chi connectivity index (χ4n) is 4.09. The third-order valence-electron chi connectivity index (χ3n) is 6.15. The molecular weight excluding hydrogens is 503 g/mol. The zero-order valence-electron chi connectivity index (χ0n) is 20.6. The number of carbonyl (C=O) groups excluding carboxylic acids is 1. The molecule has 3 heterocycles. The molecule has 0 bridgehead atoms. The van der Waals surface area contributed by atoms with E-state index in [1.165, 1.54) is 23.6 Å². The van der Waals surface area contributed by atoms with E-state index in [1.807, 2.05) is 42.5 Å². The van der Waals surface area contributed by atoms with Crippen LogP contribution in [0.5, 0.6) is 0 Å². The Bertz CT molecular complexity index is 1420. The highest BCUT2D eigenvalue weighted by molar-refractivity contribution is 7.13. The van der Waals surface area contributed by atoms with Crippen LogP contribution in [0.25, 0.3) is 21.7 Å². The number of nitrogens with zero attached hydrogens (tertiary/aromatic N) is 4. The van der Waals surface area contributed by atoms with E-state index in [0.717, 1.165) is 49.5 Å². The molecule has 1 amide bonds. The molecule has 10 heteroatoms. The molecule has 5 rings (SSSR count). The Morgan fingerprint density at radius 1 is 1.16 bits per heavy atom. The second-order valence-electron chi connectivity index (χ2n) is 8.74. The Morgan fingerprint density at radius 2 is 1.97 bits per heavy atom. The van der Waals surface area contributed by atoms with Gasteiger partial charge in [-0.1, -0.05) is 30.3 Å². The van der Waals surface area contributed by atoms with Crippen LogP contribution >= 0.6 is 11.3 Å². The first-order valence-corrected chi connectivity index (χ1v) is 13.1. The lowest BCUT2D eigenvalue weighted by Gasteiger charge is -2.25. The van der Waals surface area contributed by atoms with E-state index >= 15 is 0 Å². The van der Waals surface area contributed by atoms with Crippen molar-refractivity contribution >= 4 is 34.8 Å². The van der Waals surface area contributed by atoms with Crippen LogP contribution in [0.4, 0.5) is 15.8 Å². The molecule has 4 aromatic rings. The molecule has 0 atom stereocenters. The Hall–Kier alpha value is -3.99. The number of ether oxygens (including phenoxy) is 1. The van der Waals surface area contributed by atoms with Gasteiger partial charge in [0.25, 0.3) is 5.91 Å². The number of nitrogens with two attached hydrogens (primary N) is 1. The minimum absolute atomic E-state index is 0.255. The van der Waals surface area contributed by atoms with E-state index in [2.05, 4.69) is 25.2 Å². The van der Waals surface area contributed by atoms with Gasteiger partial charge in [-0.2, -0.15) is 4.39 Å². The quantitative estimate of drug-likeness (QED) is 0.196. The van der Waals surface area contributed by atoms with Crippen LogP contribution in [0, 0.1) is 5.95 Å². The van der Waals surface area contributed by atoms with Crippen LogP contribution < -0.4 is 11.1 Å². The van der Waals surface area contributed by atoms with Crippen molar-refractivity contribution in [2.24, 2.45) is 4.99 Å². The number of hydrogen-bond donors (Lipinski definition) is 2. The van der Waals surface area contributed by atoms with Crippen LogP contribution in [0.2, 0.25) is 0 Å². The highest BCUT2D eigenvalue weighted by atomic mass is 32.1. The average Bonchev–Trinajstić information content (AvgIpc) is 3.44. The number of rotatable bonds is 8. The van der Waals surface area contributed by atoms with E-state index in [9.17, 15) is 9.18 Å². The van der Waals surface area contributed by atoms with Crippen molar-refractivity contribution < 1.29 is 13.9 Å². The van der Waals surface area contributed by atoms with Gasteiger partial charge < -0.3 is 15.8 Å². The number of aromatic nitrogens is 2. The monoisotopic (exact) mass is 530 g/mol. The number of nitrogen functional groups attached to an aromatic ring is 1. The molecule has 194 valence electrons. The minimum Gasteiger partial charge on any atom is -0.398 e. The summed E-state index contributed by atoms with van der Waals surface area (Å²) in [6.07, 6.45) is 3.15. The molecule has 1 fully saturated rings. The molecule has 0 saturated carbocycles. The Morgan fingerprint density at radius 3 is 2.74 bits per heavy atom. The Labute approximate surface area is 224 Å². The van der Waals surface area contributed by atoms with Crippen molar-refractivity contribution in [1.29, 1.82) is 0 Å². The van der Waals surface area contributed by atoms with Gasteiger partial charge in [-0.05, 0) is 29.8 Å². The zero-order valence-corrected chi connectivity index (χ0v) is 21.5. The van der Waals surface area contributed by atoms with E-state index in [0.29, 0.717) is 28.5 Å². The normalized spacial score (nSPS) is 14.1. The first kappa shape index (κ1) is 25.7. The van der Waals surface area contributed by atoms with Gasteiger partial charge in [0.1, 0.15) is 10.7 Å². The summed E-state index contributed by atoms with van der Waals surface area (Å²) in [5.41, 5.74) is 10.9. The third-order valence-corrected chi connectivity index (χ3v) is 7.04. The predicted octanol–water partition coefficient (Wildman–Crippen LogP) is 4.60. The number of carbonyl (C=O) groups is 1. The number of nitrogens with one attached hydrogen (secondary N) is 1. The van der Waals surface area contributed by atoms with Crippen LogP contribution in [0.15, 0.2) is 71.2 Å². The molecule has 1 aliphatic rings. The van der Waals surface area contributed by atoms with Crippen molar-refractivity contribution in [3.63, 3.8) is 0 Å². The lowest BCUT2D eigenvalue weighted by atomic mass is 10.00. The van der Waals surface area contributed by atoms with Gasteiger partial charge in [0.15, 0.2) is 0 Å². The summed E-state index contributed by atoms with van der Waals surface area (Å²) in [6.45, 7) is 4.82. The largest absolute Gasteiger partial charge is 0.398 e. The number of benzene rings is 2. The zero-order chi connectivity index (χ0) is 26.3. The van der Waals surface area contributed by atoms with Gasteiger partial charge >= 0.3 is 0 Å². The Balaban J connectivity index is 1.37. The van der Waals surface area contributed by atoms with Gasteiger partial charge in [-0.25, -0.2) is 9.97 Å². The molecule has 38 heavy (non-hydrogen) atoms. The standard InChI is InChI=1S/C28H27FN6O2S/c29-26-7-6-20(17-32-26)28-34-25(18-38-28)27(36)33-24-14-21(16-31-8-9-35-10-12-37-13-11-35)23(30)15-22(24)19-4-2-1-3-5-19/h1-7,14-18H,8-13,30H2,(H,33,36). The number of halogens is 1. The fraction of sp³-hybridized carbons (Fsp3) is 0.214. The number of hydrogen-bond acceptors (Lipinski definition) is 8. The topological polar surface area (TPSA) is 106 Å². The van der Waals surface area contributed by atoms with Crippen LogP contribution in [0.1, 0.15) is 16.1 Å². The summed E-state index contributed by atoms with van der Waals surface area (Å²) in [5, 5.41) is 5.25. The molecule has 8 nitrogen and oxygen atoms in total. The first-order chi connectivity index (χ1) is 18.6. The summed E-state index contributed by atoms with van der Waals surface area (Å²) >= 11 is 1.29. The van der Waals surface area contributed by atoms with E-state index in [-0.39, 0.29) is 11.6 Å². The van der Waals surface area contributed by atoms with Crippen LogP contribution in [-0.2, 0) is 4.74 Å². The summed E-state index contributed by atoms with van der Waals surface area (Å²) in [6, 6.07) is 16.3. The molecule has 0 unspecified atom stereocenters. The summed E-state index contributed by atoms with van der Waals surface area (Å²) in [7, 11) is 0. The van der Waals surface area contributed by atoms with Gasteiger partial charge in [0.05, 0.1) is 19.8 Å². The molecule has 3 N–H and O–H groups in total. The third kappa shape index (κ3) is 6.28. The number of aliphatic imine (C=N–C) groups is 1. The molecule has 1 saturated heterocycles. The highest BCUT2D eigenvalue weighted by Crippen LogP contribution is 2.33. The average molecular weight is 531 g/mol. The fourth-order valence-corrected chi connectivity index (χ4v) is 4.88. The summed E-state index contributed by atoms with van der Waals surface area (Å²) < 4.78 is 18.6. The second-order valence-corrected chi connectivity index (χ2v) is 9.60. The molecular formula is C28H27FN6O2S. The first-order valence-electron chi connectivity index (χ1n) is 12.2. The van der Waals surface area contributed by atoms with Gasteiger partial charge in [0.2, 0.25) is 5.95 Å². The number of amides is 1. The van der Waals surface area contributed by atoms with Crippen LogP contribution in [0.3, 0.4) is 0 Å². The van der Waals surface area contributed by atoms with Crippen molar-refractivity contribution in [2.75, 3.05) is 50.4 Å². The molecule has 0 radical (unpaired) electrons. The molecule has 2 aromatic heterocycles. The van der Waals surface area contributed by atoms with Crippen LogP contribution in [-0.4, -0.2) is 66.4 Å². The minimum atomic E-state index is -0.569. The lowest BCUT2D eigenvalue weighted by Crippen LogP contribution is -2.37. The number of morpholine rings is 1. The van der Waals surface area contributed by atoms with Gasteiger partial charge in [-0.15, -0.1) is 11.3 Å². The smallest absolute Gasteiger partial charge is 0.275 e. The van der Waals surface area contributed by atoms with E-state index in [4.69, 9.17) is 10.5 Å². The lowest BCUT2D eigenvalue weighted by molar-refractivity contribution is 0.0395. The van der Waals surface area contributed by atoms with Crippen molar-refractivity contribution in [3.8, 4) is 21.7 Å². The van der Waals surface area contributed by atoms with Crippen molar-refractivity contribution in [2.45, 2.75) is 0 Å². The molecule has 2 aromatic carbocycles. The number of anilines is 2.